The number of amides is 1. The van der Waals surface area contributed by atoms with Gasteiger partial charge in [-0.05, 0) is 50.1 Å². The first kappa shape index (κ1) is 22.5. The highest BCUT2D eigenvalue weighted by molar-refractivity contribution is 6.08. The molecule has 1 amide bonds. The molecule has 0 radical (unpaired) electrons. The van der Waals surface area contributed by atoms with Crippen molar-refractivity contribution in [3.63, 3.8) is 0 Å². The summed E-state index contributed by atoms with van der Waals surface area (Å²) in [7, 11) is 1.42. The fraction of sp³-hybridized carbons (Fsp3) is 0.296. The molecule has 0 bridgehead atoms. The minimum Gasteiger partial charge on any atom is -0.492 e. The quantitative estimate of drug-likeness (QED) is 0.365. The van der Waals surface area contributed by atoms with Crippen molar-refractivity contribution in [2.75, 3.05) is 19.0 Å². The van der Waals surface area contributed by atoms with Crippen molar-refractivity contribution >= 4 is 28.3 Å². The lowest BCUT2D eigenvalue weighted by Crippen LogP contribution is -2.39. The average Bonchev–Trinajstić information content (AvgIpc) is 3.52. The summed E-state index contributed by atoms with van der Waals surface area (Å²) in [5, 5.41) is 6.29. The number of ether oxygens (including phenoxy) is 2. The molecule has 2 aliphatic heterocycles. The largest absolute Gasteiger partial charge is 0.492 e. The van der Waals surface area contributed by atoms with Gasteiger partial charge in [-0.15, -0.1) is 0 Å². The van der Waals surface area contributed by atoms with E-state index in [2.05, 4.69) is 20.6 Å². The highest BCUT2D eigenvalue weighted by Gasteiger charge is 2.31. The molecule has 1 aromatic carbocycles. The van der Waals surface area contributed by atoms with Crippen molar-refractivity contribution in [3.8, 4) is 17.0 Å². The van der Waals surface area contributed by atoms with Gasteiger partial charge in [0.05, 0.1) is 52.6 Å². The van der Waals surface area contributed by atoms with E-state index in [1.807, 2.05) is 25.1 Å². The number of hydrogen-bond acceptors (Lipinski definition) is 6. The summed E-state index contributed by atoms with van der Waals surface area (Å²) in [5.74, 6) is -0.624. The average molecular weight is 488 g/mol. The van der Waals surface area contributed by atoms with Crippen molar-refractivity contribution in [1.82, 2.24) is 20.3 Å². The fourth-order valence-electron chi connectivity index (χ4n) is 5.12. The number of nitrogens with one attached hydrogen (secondary N) is 3. The maximum atomic E-state index is 14.5. The minimum absolute atomic E-state index is 0.0218. The predicted octanol–water partition coefficient (Wildman–Crippen LogP) is 5.04. The van der Waals surface area contributed by atoms with Gasteiger partial charge in [-0.3, -0.25) is 9.78 Å². The van der Waals surface area contributed by atoms with Crippen molar-refractivity contribution in [2.24, 2.45) is 0 Å². The van der Waals surface area contributed by atoms with Gasteiger partial charge in [0, 0.05) is 36.5 Å². The first-order valence-corrected chi connectivity index (χ1v) is 12.1. The summed E-state index contributed by atoms with van der Waals surface area (Å²) < 4.78 is 25.7. The Morgan fingerprint density at radius 2 is 2.11 bits per heavy atom. The predicted molar refractivity (Wildman–Crippen MR) is 134 cm³/mol. The van der Waals surface area contributed by atoms with Crippen LogP contribution in [0.5, 0.6) is 5.75 Å². The number of nitrogens with zero attached hydrogens (tertiary/aromatic N) is 2. The van der Waals surface area contributed by atoms with Gasteiger partial charge in [-0.2, -0.15) is 0 Å². The van der Waals surface area contributed by atoms with Crippen LogP contribution < -0.4 is 15.4 Å². The molecular weight excluding hydrogens is 461 g/mol. The normalized spacial score (nSPS) is 19.2. The highest BCUT2D eigenvalue weighted by atomic mass is 19.1. The van der Waals surface area contributed by atoms with Gasteiger partial charge in [0.2, 0.25) is 0 Å². The van der Waals surface area contributed by atoms with E-state index < -0.39 is 5.82 Å². The van der Waals surface area contributed by atoms with Crippen molar-refractivity contribution in [2.45, 2.75) is 38.3 Å². The van der Waals surface area contributed by atoms with E-state index in [-0.39, 0.29) is 23.8 Å². The van der Waals surface area contributed by atoms with E-state index in [4.69, 9.17) is 14.5 Å². The number of methoxy groups -OCH3 is 1. The lowest BCUT2D eigenvalue weighted by molar-refractivity contribution is 0.0930. The summed E-state index contributed by atoms with van der Waals surface area (Å²) >= 11 is 0. The van der Waals surface area contributed by atoms with Crippen molar-refractivity contribution in [1.29, 1.82) is 0 Å². The molecule has 0 unspecified atom stereocenters. The SMILES string of the molecule is COc1c(F)cccc1Nc1c(-c2ccnc3ccc([C@@H]4CCCO4)nc23)[nH]c2c1C(=O)N[C@H](C)C2. The number of hydrogen-bond donors (Lipinski definition) is 3. The second-order valence-electron chi connectivity index (χ2n) is 9.22. The Morgan fingerprint density at radius 1 is 1.22 bits per heavy atom. The van der Waals surface area contributed by atoms with Crippen molar-refractivity contribution in [3.05, 3.63) is 65.4 Å². The molecule has 0 spiro atoms. The van der Waals surface area contributed by atoms with Gasteiger partial charge in [-0.25, -0.2) is 9.37 Å². The summed E-state index contributed by atoms with van der Waals surface area (Å²) in [6.07, 6.45) is 4.24. The molecular formula is C27H26FN5O3. The zero-order valence-electron chi connectivity index (χ0n) is 20.0. The van der Waals surface area contributed by atoms with E-state index >= 15 is 0 Å². The Balaban J connectivity index is 1.56. The third-order valence-electron chi connectivity index (χ3n) is 6.76. The first-order valence-electron chi connectivity index (χ1n) is 12.1. The lowest BCUT2D eigenvalue weighted by Gasteiger charge is -2.21. The summed E-state index contributed by atoms with van der Waals surface area (Å²) in [4.78, 5) is 26.1. The highest BCUT2D eigenvalue weighted by Crippen LogP contribution is 2.41. The molecule has 9 heteroatoms. The fourth-order valence-corrected chi connectivity index (χ4v) is 5.12. The topological polar surface area (TPSA) is 101 Å². The van der Waals surface area contributed by atoms with Crippen LogP contribution in [0.2, 0.25) is 0 Å². The molecule has 1 fully saturated rings. The molecule has 3 N–H and O–H groups in total. The standard InChI is InChI=1S/C27H26FN5O3/c1-14-13-20-22(27(34)30-14)25(32-19-6-3-5-16(28)26(19)35-2)24(33-20)15-10-11-29-18-9-8-17(31-23(15)18)21-7-4-12-36-21/h3,5-6,8-11,14,21,32-33H,4,7,12-13H2,1-2H3,(H,30,34)/t14-,21+/m1/s1. The molecule has 6 rings (SSSR count). The molecule has 8 nitrogen and oxygen atoms in total. The Kier molecular flexibility index (Phi) is 5.56. The number of para-hydroxylation sites is 1. The molecule has 0 saturated carbocycles. The van der Waals surface area contributed by atoms with Crippen LogP contribution in [0.3, 0.4) is 0 Å². The molecule has 1 saturated heterocycles. The Hall–Kier alpha value is -3.98. The number of H-pyrrole nitrogens is 1. The van der Waals surface area contributed by atoms with Gasteiger partial charge < -0.3 is 25.1 Å². The van der Waals surface area contributed by atoms with Gasteiger partial charge in [0.25, 0.3) is 5.91 Å². The monoisotopic (exact) mass is 487 g/mol. The molecule has 184 valence electrons. The second-order valence-corrected chi connectivity index (χ2v) is 9.22. The van der Waals surface area contributed by atoms with Gasteiger partial charge in [0.15, 0.2) is 11.6 Å². The lowest BCUT2D eigenvalue weighted by atomic mass is 10.0. The number of carbonyl (C=O) groups is 1. The zero-order valence-corrected chi connectivity index (χ0v) is 20.0. The number of benzene rings is 1. The van der Waals surface area contributed by atoms with E-state index in [1.165, 1.54) is 13.2 Å². The molecule has 2 aliphatic rings. The number of fused-ring (bicyclic) bond motifs is 2. The maximum absolute atomic E-state index is 14.5. The van der Waals surface area contributed by atoms with Crippen LogP contribution in [0, 0.1) is 5.82 Å². The first-order chi connectivity index (χ1) is 17.5. The van der Waals surface area contributed by atoms with Gasteiger partial charge in [-0.1, -0.05) is 6.07 Å². The number of aromatic amines is 1. The van der Waals surface area contributed by atoms with Crippen LogP contribution in [0.4, 0.5) is 15.8 Å². The molecule has 5 heterocycles. The molecule has 2 atom stereocenters. The Labute approximate surface area is 207 Å². The summed E-state index contributed by atoms with van der Waals surface area (Å²) in [6.45, 7) is 2.69. The number of rotatable bonds is 5. The number of carbonyl (C=O) groups excluding carboxylic acids is 1. The van der Waals surface area contributed by atoms with E-state index in [9.17, 15) is 9.18 Å². The van der Waals surface area contributed by atoms with Crippen LogP contribution in [-0.4, -0.2) is 40.6 Å². The van der Waals surface area contributed by atoms with Crippen LogP contribution in [-0.2, 0) is 11.2 Å². The van der Waals surface area contributed by atoms with E-state index in [1.54, 1.807) is 18.3 Å². The van der Waals surface area contributed by atoms with Crippen LogP contribution in [0.25, 0.3) is 22.3 Å². The van der Waals surface area contributed by atoms with Crippen LogP contribution in [0.15, 0.2) is 42.6 Å². The van der Waals surface area contributed by atoms with Crippen LogP contribution in [0.1, 0.15) is 47.6 Å². The van der Waals surface area contributed by atoms with Crippen molar-refractivity contribution < 1.29 is 18.7 Å². The zero-order chi connectivity index (χ0) is 24.8. The maximum Gasteiger partial charge on any atom is 0.255 e. The van der Waals surface area contributed by atoms with Gasteiger partial charge in [0.1, 0.15) is 0 Å². The number of anilines is 2. The molecule has 0 aliphatic carbocycles. The number of pyridine rings is 2. The van der Waals surface area contributed by atoms with E-state index in [0.717, 1.165) is 41.9 Å². The number of halogens is 1. The molecule has 4 aromatic rings. The van der Waals surface area contributed by atoms with Gasteiger partial charge >= 0.3 is 0 Å². The minimum atomic E-state index is -0.497. The summed E-state index contributed by atoms with van der Waals surface area (Å²) in [6, 6.07) is 10.4. The van der Waals surface area contributed by atoms with E-state index in [0.29, 0.717) is 34.6 Å². The smallest absolute Gasteiger partial charge is 0.255 e. The Bertz CT molecular complexity index is 1480. The molecule has 3 aromatic heterocycles. The third kappa shape index (κ3) is 3.76. The summed E-state index contributed by atoms with van der Waals surface area (Å²) in [5.41, 5.74) is 6.01. The Morgan fingerprint density at radius 3 is 2.92 bits per heavy atom. The third-order valence-corrected chi connectivity index (χ3v) is 6.76. The van der Waals surface area contributed by atoms with Crippen LogP contribution >= 0.6 is 0 Å². The number of aromatic nitrogens is 3. The molecule has 36 heavy (non-hydrogen) atoms. The second kappa shape index (κ2) is 8.91.